The molecule has 0 spiro atoms. The normalized spacial score (nSPS) is 52.0. The molecule has 3 saturated heterocycles. The number of aliphatic hydroxyl groups excluding tert-OH is 13. The fourth-order valence-electron chi connectivity index (χ4n) is 5.74. The van der Waals surface area contributed by atoms with Gasteiger partial charge in [-0.25, -0.2) is 0 Å². The van der Waals surface area contributed by atoms with Crippen LogP contribution in [0.15, 0.2) is 11.6 Å². The molecular weight excluding hydrogens is 602 g/mol. The van der Waals surface area contributed by atoms with Crippen LogP contribution in [0.25, 0.3) is 0 Å². The molecule has 0 radical (unpaired) electrons. The maximum absolute atomic E-state index is 10.9. The number of hydrogen-bond acceptors (Lipinski definition) is 19. The van der Waals surface area contributed by atoms with Crippen LogP contribution in [0.5, 0.6) is 0 Å². The van der Waals surface area contributed by atoms with Crippen LogP contribution in [0.4, 0.5) is 0 Å². The van der Waals surface area contributed by atoms with Gasteiger partial charge in [-0.05, 0) is 12.5 Å². The number of nitrogens with one attached hydrogen (secondary N) is 1. The Kier molecular flexibility index (Phi) is 12.1. The van der Waals surface area contributed by atoms with Crippen molar-refractivity contribution >= 4 is 0 Å². The molecule has 7 unspecified atom stereocenters. The molecule has 0 amide bonds. The third kappa shape index (κ3) is 6.96. The highest BCUT2D eigenvalue weighted by molar-refractivity contribution is 5.22. The van der Waals surface area contributed by atoms with Crippen molar-refractivity contribution in [3.05, 3.63) is 11.6 Å². The summed E-state index contributed by atoms with van der Waals surface area (Å²) >= 11 is 0. The fraction of sp³-hybridized carbons (Fsp3) is 0.920. The van der Waals surface area contributed by atoms with Crippen LogP contribution >= 0.6 is 0 Å². The molecule has 3 fully saturated rings. The lowest BCUT2D eigenvalue weighted by Crippen LogP contribution is -2.68. The average Bonchev–Trinajstić information content (AvgIpc) is 3.01. The molecule has 256 valence electrons. The number of rotatable bonds is 9. The maximum atomic E-state index is 10.9. The van der Waals surface area contributed by atoms with E-state index in [9.17, 15) is 66.4 Å². The van der Waals surface area contributed by atoms with E-state index in [1.54, 1.807) is 0 Å². The summed E-state index contributed by atoms with van der Waals surface area (Å²) in [6, 6.07) is -2.17. The van der Waals surface area contributed by atoms with Gasteiger partial charge in [-0.15, -0.1) is 0 Å². The van der Waals surface area contributed by atoms with E-state index in [0.717, 1.165) is 0 Å². The van der Waals surface area contributed by atoms with Crippen molar-refractivity contribution in [3.8, 4) is 0 Å². The minimum atomic E-state index is -1.94. The van der Waals surface area contributed by atoms with Crippen LogP contribution in [0, 0.1) is 0 Å². The first-order chi connectivity index (χ1) is 20.7. The zero-order valence-electron chi connectivity index (χ0n) is 23.5. The molecule has 0 saturated carbocycles. The molecule has 0 aromatic carbocycles. The summed E-state index contributed by atoms with van der Waals surface area (Å²) in [6.45, 7) is -0.731. The summed E-state index contributed by atoms with van der Waals surface area (Å²) in [5.41, 5.74) is 0.0228. The van der Waals surface area contributed by atoms with E-state index >= 15 is 0 Å². The van der Waals surface area contributed by atoms with Crippen LogP contribution in [-0.2, 0) is 23.7 Å². The Morgan fingerprint density at radius 3 is 1.75 bits per heavy atom. The van der Waals surface area contributed by atoms with Gasteiger partial charge in [0, 0.05) is 0 Å². The first kappa shape index (κ1) is 35.8. The minimum absolute atomic E-state index is 0.0228. The van der Waals surface area contributed by atoms with Crippen molar-refractivity contribution < 1.29 is 90.1 Å². The first-order valence-corrected chi connectivity index (χ1v) is 14.1. The fourth-order valence-corrected chi connectivity index (χ4v) is 5.74. The van der Waals surface area contributed by atoms with E-state index < -0.39 is 136 Å². The molecule has 19 atom stereocenters. The van der Waals surface area contributed by atoms with Gasteiger partial charge >= 0.3 is 0 Å². The van der Waals surface area contributed by atoms with Crippen LogP contribution in [-0.4, -0.2) is 203 Å². The SMILES string of the molecule is CC1O[C@@H](O[C@H]2C(CO)O[C@@H](O[C@H]3OC(CO)[C@@H](O)[C@@H](O)C3O)C(O)[C@@H]2O)C(O)[C@H](O)[C@H]1N[C@@H]1C=C(CO)[C@@H](O)[C@@H](O)C1O. The van der Waals surface area contributed by atoms with E-state index in [2.05, 4.69) is 5.32 Å². The molecule has 14 N–H and O–H groups in total. The van der Waals surface area contributed by atoms with Crippen molar-refractivity contribution in [2.24, 2.45) is 0 Å². The molecule has 4 rings (SSSR count). The van der Waals surface area contributed by atoms with E-state index in [4.69, 9.17) is 23.7 Å². The van der Waals surface area contributed by atoms with Crippen LogP contribution < -0.4 is 5.32 Å². The molecule has 19 nitrogen and oxygen atoms in total. The molecule has 0 aromatic rings. The molecule has 19 heteroatoms. The zero-order chi connectivity index (χ0) is 32.6. The summed E-state index contributed by atoms with van der Waals surface area (Å²) in [5, 5.41) is 136. The first-order valence-electron chi connectivity index (χ1n) is 14.1. The van der Waals surface area contributed by atoms with Crippen molar-refractivity contribution in [2.45, 2.75) is 123 Å². The summed E-state index contributed by atoms with van der Waals surface area (Å²) in [6.07, 6.45) is -26.6. The van der Waals surface area contributed by atoms with Crippen molar-refractivity contribution in [2.75, 3.05) is 19.8 Å². The zero-order valence-corrected chi connectivity index (χ0v) is 23.5. The van der Waals surface area contributed by atoms with Gasteiger partial charge in [0.1, 0.15) is 79.4 Å². The van der Waals surface area contributed by atoms with E-state index in [1.165, 1.54) is 13.0 Å². The summed E-state index contributed by atoms with van der Waals surface area (Å²) < 4.78 is 27.5. The number of ether oxygens (including phenoxy) is 5. The lowest BCUT2D eigenvalue weighted by atomic mass is 9.86. The molecule has 3 aliphatic heterocycles. The minimum Gasteiger partial charge on any atom is -0.394 e. The van der Waals surface area contributed by atoms with Crippen molar-refractivity contribution in [1.82, 2.24) is 5.32 Å². The quantitative estimate of drug-likeness (QED) is 0.103. The summed E-state index contributed by atoms with van der Waals surface area (Å²) in [4.78, 5) is 0. The van der Waals surface area contributed by atoms with Gasteiger partial charge in [0.2, 0.25) is 0 Å². The molecule has 1 aliphatic carbocycles. The molecule has 4 aliphatic rings. The average molecular weight is 646 g/mol. The van der Waals surface area contributed by atoms with Gasteiger partial charge in [0.15, 0.2) is 18.9 Å². The molecular formula is C25H43NO18. The van der Waals surface area contributed by atoms with Crippen LogP contribution in [0.1, 0.15) is 6.92 Å². The summed E-state index contributed by atoms with van der Waals surface area (Å²) in [5.74, 6) is 0. The topological polar surface area (TPSA) is 321 Å². The molecule has 0 aromatic heterocycles. The van der Waals surface area contributed by atoms with Crippen molar-refractivity contribution in [3.63, 3.8) is 0 Å². The lowest BCUT2D eigenvalue weighted by Gasteiger charge is -2.48. The van der Waals surface area contributed by atoms with Gasteiger partial charge in [-0.2, -0.15) is 0 Å². The van der Waals surface area contributed by atoms with Gasteiger partial charge in [-0.1, -0.05) is 6.08 Å². The second kappa shape index (κ2) is 14.8. The monoisotopic (exact) mass is 645 g/mol. The van der Waals surface area contributed by atoms with E-state index in [-0.39, 0.29) is 5.57 Å². The molecule has 44 heavy (non-hydrogen) atoms. The Morgan fingerprint density at radius 2 is 1.16 bits per heavy atom. The third-order valence-corrected chi connectivity index (χ3v) is 8.46. The second-order valence-corrected chi connectivity index (χ2v) is 11.4. The predicted molar refractivity (Wildman–Crippen MR) is 138 cm³/mol. The highest BCUT2D eigenvalue weighted by Crippen LogP contribution is 2.32. The highest BCUT2D eigenvalue weighted by Gasteiger charge is 2.53. The smallest absolute Gasteiger partial charge is 0.189 e. The summed E-state index contributed by atoms with van der Waals surface area (Å²) in [7, 11) is 0. The van der Waals surface area contributed by atoms with Gasteiger partial charge in [-0.3, -0.25) is 0 Å². The Bertz CT molecular complexity index is 958. The van der Waals surface area contributed by atoms with Crippen molar-refractivity contribution in [1.29, 1.82) is 0 Å². The second-order valence-electron chi connectivity index (χ2n) is 11.4. The van der Waals surface area contributed by atoms with Gasteiger partial charge in [0.05, 0.1) is 38.0 Å². The predicted octanol–water partition coefficient (Wildman–Crippen LogP) is -8.56. The number of hydrogen-bond donors (Lipinski definition) is 14. The van der Waals surface area contributed by atoms with E-state index in [1.807, 2.05) is 0 Å². The van der Waals surface area contributed by atoms with Gasteiger partial charge in [0.25, 0.3) is 0 Å². The molecule has 3 heterocycles. The van der Waals surface area contributed by atoms with Crippen LogP contribution in [0.2, 0.25) is 0 Å². The number of aliphatic hydroxyl groups is 13. The molecule has 0 bridgehead atoms. The van der Waals surface area contributed by atoms with Crippen LogP contribution in [0.3, 0.4) is 0 Å². The standard InChI is InChI=1S/C25H43NO18/c1-6-11(26-8-2-7(3-27)12(30)16(34)13(8)31)15(33)19(37)23(40-6)43-22-10(5-29)42-25(21(39)18(22)36)44-24-20(38)17(35)14(32)9(4-28)41-24/h2,6,8-39H,3-5H2,1H3/t6?,8-,9?,10?,11+,12-,13?,14-,15-,16-,17-,18+,19?,20?,21?,22+,23+,24-,25+/m1/s1. The lowest BCUT2D eigenvalue weighted by molar-refractivity contribution is -0.389. The maximum Gasteiger partial charge on any atom is 0.189 e. The Morgan fingerprint density at radius 1 is 0.614 bits per heavy atom. The Balaban J connectivity index is 1.41. The Labute approximate surface area is 250 Å². The van der Waals surface area contributed by atoms with Gasteiger partial charge < -0.3 is 95.4 Å². The van der Waals surface area contributed by atoms with E-state index in [0.29, 0.717) is 0 Å². The highest BCUT2D eigenvalue weighted by atomic mass is 16.8. The Hall–Kier alpha value is -1.02. The third-order valence-electron chi connectivity index (χ3n) is 8.46. The largest absolute Gasteiger partial charge is 0.394 e.